The highest BCUT2D eigenvalue weighted by atomic mass is 16.7. The van der Waals surface area contributed by atoms with Gasteiger partial charge in [-0.3, -0.25) is 4.79 Å². The first-order valence-corrected chi connectivity index (χ1v) is 7.15. The van der Waals surface area contributed by atoms with E-state index in [1.165, 1.54) is 10.4 Å². The smallest absolute Gasteiger partial charge is 0.267 e. The summed E-state index contributed by atoms with van der Waals surface area (Å²) in [5, 5.41) is 7.91. The first-order valence-electron chi connectivity index (χ1n) is 7.15. The van der Waals surface area contributed by atoms with E-state index in [9.17, 15) is 4.79 Å². The van der Waals surface area contributed by atoms with E-state index >= 15 is 0 Å². The fraction of sp³-hybridized carbons (Fsp3) is 0.188. The third-order valence-electron chi connectivity index (χ3n) is 3.82. The molecule has 2 aromatic carbocycles. The fourth-order valence-electron chi connectivity index (χ4n) is 2.73. The molecule has 1 aliphatic rings. The van der Waals surface area contributed by atoms with E-state index in [4.69, 9.17) is 4.84 Å². The van der Waals surface area contributed by atoms with Crippen LogP contribution in [0.25, 0.3) is 11.0 Å². The summed E-state index contributed by atoms with van der Waals surface area (Å²) in [6, 6.07) is 15.4. The van der Waals surface area contributed by atoms with Gasteiger partial charge in [-0.2, -0.15) is 0 Å². The number of anilines is 1. The van der Waals surface area contributed by atoms with Gasteiger partial charge in [-0.1, -0.05) is 35.2 Å². The molecule has 0 unspecified atom stereocenters. The summed E-state index contributed by atoms with van der Waals surface area (Å²) in [6.07, 6.45) is 0.883. The molecule has 1 aliphatic heterocycles. The van der Waals surface area contributed by atoms with Gasteiger partial charge < -0.3 is 9.74 Å². The van der Waals surface area contributed by atoms with Gasteiger partial charge in [0, 0.05) is 12.2 Å². The van der Waals surface area contributed by atoms with Crippen LogP contribution in [-0.4, -0.2) is 34.2 Å². The van der Waals surface area contributed by atoms with Gasteiger partial charge in [0.15, 0.2) is 6.61 Å². The van der Waals surface area contributed by atoms with Crippen molar-refractivity contribution >= 4 is 22.6 Å². The number of benzene rings is 2. The lowest BCUT2D eigenvalue weighted by Gasteiger charge is -2.17. The minimum absolute atomic E-state index is 0.0678. The number of hydrogen-bond acceptors (Lipinski definition) is 4. The van der Waals surface area contributed by atoms with Crippen LogP contribution in [0, 0.1) is 0 Å². The number of rotatable bonds is 3. The zero-order valence-electron chi connectivity index (χ0n) is 11.8. The van der Waals surface area contributed by atoms with Crippen molar-refractivity contribution in [3.63, 3.8) is 0 Å². The molecule has 0 bridgehead atoms. The number of amides is 1. The van der Waals surface area contributed by atoms with Gasteiger partial charge in [0.2, 0.25) is 0 Å². The Morgan fingerprint density at radius 3 is 2.91 bits per heavy atom. The second-order valence-electron chi connectivity index (χ2n) is 5.15. The van der Waals surface area contributed by atoms with E-state index < -0.39 is 0 Å². The first-order chi connectivity index (χ1) is 10.8. The molecule has 22 heavy (non-hydrogen) atoms. The van der Waals surface area contributed by atoms with Crippen LogP contribution in [0.3, 0.4) is 0 Å². The second kappa shape index (κ2) is 5.14. The van der Waals surface area contributed by atoms with Crippen molar-refractivity contribution in [3.8, 4) is 0 Å². The number of nitrogens with zero attached hydrogens (tertiary/aromatic N) is 4. The Labute approximate surface area is 126 Å². The molecular weight excluding hydrogens is 280 g/mol. The lowest BCUT2D eigenvalue weighted by atomic mass is 10.2. The molecule has 0 spiro atoms. The van der Waals surface area contributed by atoms with E-state index in [-0.39, 0.29) is 12.5 Å². The Kier molecular flexibility index (Phi) is 3.00. The van der Waals surface area contributed by atoms with Gasteiger partial charge in [-0.05, 0) is 35.4 Å². The van der Waals surface area contributed by atoms with E-state index in [2.05, 4.69) is 10.3 Å². The molecule has 0 atom stereocenters. The highest BCUT2D eigenvalue weighted by Gasteiger charge is 2.24. The molecule has 0 N–H and O–H groups in total. The number of fused-ring (bicyclic) bond motifs is 2. The SMILES string of the molecule is O=C(COn1nnc2ccccc21)N1CCc2ccccc21. The third kappa shape index (κ3) is 2.09. The van der Waals surface area contributed by atoms with Gasteiger partial charge in [0.05, 0.1) is 0 Å². The average Bonchev–Trinajstić information content (AvgIpc) is 3.17. The van der Waals surface area contributed by atoms with Crippen LogP contribution in [-0.2, 0) is 11.2 Å². The van der Waals surface area contributed by atoms with Crippen LogP contribution in [0.4, 0.5) is 5.69 Å². The standard InChI is InChI=1S/C16H14N4O2/c21-16(19-10-9-12-5-1-3-7-14(12)19)11-22-20-15-8-4-2-6-13(15)17-18-20/h1-8H,9-11H2. The van der Waals surface area contributed by atoms with Crippen LogP contribution in [0.15, 0.2) is 48.5 Å². The lowest BCUT2D eigenvalue weighted by molar-refractivity contribution is -0.123. The molecule has 6 nitrogen and oxygen atoms in total. The first kappa shape index (κ1) is 12.8. The zero-order chi connectivity index (χ0) is 14.9. The summed E-state index contributed by atoms with van der Waals surface area (Å²) in [7, 11) is 0. The van der Waals surface area contributed by atoms with Crippen molar-refractivity contribution < 1.29 is 9.63 Å². The number of carbonyl (C=O) groups excluding carboxylic acids is 1. The van der Waals surface area contributed by atoms with Gasteiger partial charge in [-0.25, -0.2) is 0 Å². The van der Waals surface area contributed by atoms with Crippen molar-refractivity contribution in [1.29, 1.82) is 0 Å². The van der Waals surface area contributed by atoms with Gasteiger partial charge >= 0.3 is 0 Å². The number of carbonyl (C=O) groups is 1. The quantitative estimate of drug-likeness (QED) is 0.733. The van der Waals surface area contributed by atoms with Gasteiger partial charge in [0.25, 0.3) is 5.91 Å². The van der Waals surface area contributed by atoms with Crippen molar-refractivity contribution in [2.45, 2.75) is 6.42 Å². The van der Waals surface area contributed by atoms with E-state index in [0.29, 0.717) is 6.54 Å². The molecule has 0 saturated heterocycles. The van der Waals surface area contributed by atoms with Gasteiger partial charge in [-0.15, -0.1) is 5.10 Å². The second-order valence-corrected chi connectivity index (χ2v) is 5.15. The summed E-state index contributed by atoms with van der Waals surface area (Å²) in [6.45, 7) is 0.626. The van der Waals surface area contributed by atoms with Gasteiger partial charge in [0.1, 0.15) is 11.0 Å². The summed E-state index contributed by atoms with van der Waals surface area (Å²) in [4.78, 5) is 20.9. The van der Waals surface area contributed by atoms with Crippen LogP contribution in [0.5, 0.6) is 0 Å². The summed E-state index contributed by atoms with van der Waals surface area (Å²) >= 11 is 0. The topological polar surface area (TPSA) is 60.3 Å². The maximum atomic E-state index is 12.4. The Morgan fingerprint density at radius 1 is 1.14 bits per heavy atom. The number of para-hydroxylation sites is 2. The van der Waals surface area contributed by atoms with Crippen LogP contribution >= 0.6 is 0 Å². The molecule has 0 radical (unpaired) electrons. The molecule has 1 aromatic heterocycles. The highest BCUT2D eigenvalue weighted by molar-refractivity contribution is 5.96. The molecule has 6 heteroatoms. The van der Waals surface area contributed by atoms with Crippen molar-refractivity contribution in [1.82, 2.24) is 15.2 Å². The average molecular weight is 294 g/mol. The summed E-state index contributed by atoms with van der Waals surface area (Å²) in [5.74, 6) is -0.0791. The minimum atomic E-state index is -0.0791. The molecule has 0 saturated carbocycles. The maximum absolute atomic E-state index is 12.4. The molecule has 1 amide bonds. The van der Waals surface area contributed by atoms with Crippen LogP contribution in [0.1, 0.15) is 5.56 Å². The lowest BCUT2D eigenvalue weighted by Crippen LogP contribution is -2.35. The summed E-state index contributed by atoms with van der Waals surface area (Å²) < 4.78 is 0. The maximum Gasteiger partial charge on any atom is 0.267 e. The largest absolute Gasteiger partial charge is 0.385 e. The third-order valence-corrected chi connectivity index (χ3v) is 3.82. The predicted octanol–water partition coefficient (Wildman–Crippen LogP) is 1.45. The van der Waals surface area contributed by atoms with E-state index in [0.717, 1.165) is 23.1 Å². The Hall–Kier alpha value is -2.89. The van der Waals surface area contributed by atoms with E-state index in [1.54, 1.807) is 4.90 Å². The summed E-state index contributed by atoms with van der Waals surface area (Å²) in [5.41, 5.74) is 3.65. The van der Waals surface area contributed by atoms with E-state index in [1.807, 2.05) is 48.5 Å². The molecule has 0 aliphatic carbocycles. The van der Waals surface area contributed by atoms with Crippen LogP contribution in [0.2, 0.25) is 0 Å². The number of aromatic nitrogens is 3. The number of hydrogen-bond donors (Lipinski definition) is 0. The molecule has 110 valence electrons. The van der Waals surface area contributed by atoms with Crippen molar-refractivity contribution in [3.05, 3.63) is 54.1 Å². The van der Waals surface area contributed by atoms with Crippen molar-refractivity contribution in [2.24, 2.45) is 0 Å². The Bertz CT molecular complexity index is 843. The fourth-order valence-corrected chi connectivity index (χ4v) is 2.73. The minimum Gasteiger partial charge on any atom is -0.385 e. The molecular formula is C16H14N4O2. The molecule has 0 fully saturated rings. The zero-order valence-corrected chi connectivity index (χ0v) is 11.8. The van der Waals surface area contributed by atoms with Crippen LogP contribution < -0.4 is 9.74 Å². The molecule has 2 heterocycles. The Balaban J connectivity index is 1.49. The predicted molar refractivity (Wildman–Crippen MR) is 81.5 cm³/mol. The highest BCUT2D eigenvalue weighted by Crippen LogP contribution is 2.27. The molecule has 4 rings (SSSR count). The van der Waals surface area contributed by atoms with Crippen molar-refractivity contribution in [2.75, 3.05) is 18.1 Å². The normalized spacial score (nSPS) is 13.4. The Morgan fingerprint density at radius 2 is 1.95 bits per heavy atom. The monoisotopic (exact) mass is 294 g/mol. The molecule has 3 aromatic rings.